The standard InChI is InChI=1S/C68H70O11/c1-9-25-52(26-10-1)41-69-49-60-62(72-44-55-31-15-4-16-32-55)64(74-46-57-35-19-6-20-36-57)65(75-47-58-37-21-7-22-38-58)67(77-60)79-68(51-71-43-54-29-13-3-14-30-54)66(76-48-59-39-23-8-24-40-59)63(73-45-56-33-17-5-18-34-56)61(78-68)50-70-42-53-27-11-2-12-28-53/h1-40,60-67H,41-51H2/t60-,61-,62-,63-,64+,65-,66+,67-,68-/m0/s1. The molecule has 2 saturated heterocycles. The van der Waals surface area contributed by atoms with Gasteiger partial charge < -0.3 is 52.1 Å². The molecule has 408 valence electrons. The number of hydrogen-bond acceptors (Lipinski definition) is 11. The molecule has 0 saturated carbocycles. The molecule has 8 aromatic rings. The second-order valence-corrected chi connectivity index (χ2v) is 19.9. The van der Waals surface area contributed by atoms with Crippen molar-refractivity contribution in [3.63, 3.8) is 0 Å². The molecule has 0 N–H and O–H groups in total. The van der Waals surface area contributed by atoms with Crippen molar-refractivity contribution in [1.82, 2.24) is 0 Å². The predicted molar refractivity (Wildman–Crippen MR) is 301 cm³/mol. The maximum Gasteiger partial charge on any atom is 0.224 e. The molecule has 8 aromatic carbocycles. The zero-order valence-corrected chi connectivity index (χ0v) is 44.5. The molecule has 2 aliphatic heterocycles. The van der Waals surface area contributed by atoms with Crippen LogP contribution >= 0.6 is 0 Å². The van der Waals surface area contributed by atoms with Gasteiger partial charge in [-0.15, -0.1) is 0 Å². The molecule has 0 bridgehead atoms. The minimum Gasteiger partial charge on any atom is -0.374 e. The molecule has 2 heterocycles. The van der Waals surface area contributed by atoms with Gasteiger partial charge in [-0.05, 0) is 44.5 Å². The molecule has 11 heteroatoms. The monoisotopic (exact) mass is 1060 g/mol. The van der Waals surface area contributed by atoms with Crippen molar-refractivity contribution in [2.24, 2.45) is 0 Å². The minimum atomic E-state index is -1.72. The third-order valence-corrected chi connectivity index (χ3v) is 14.0. The van der Waals surface area contributed by atoms with Gasteiger partial charge in [-0.1, -0.05) is 243 Å². The highest BCUT2D eigenvalue weighted by Gasteiger charge is 2.62. The van der Waals surface area contributed by atoms with Crippen LogP contribution in [0, 0.1) is 0 Å². The van der Waals surface area contributed by atoms with Crippen molar-refractivity contribution in [2.45, 2.75) is 108 Å². The maximum absolute atomic E-state index is 7.70. The van der Waals surface area contributed by atoms with Gasteiger partial charge in [0.05, 0.1) is 66.1 Å². The first-order chi connectivity index (χ1) is 39.1. The normalized spacial score (nSPS) is 22.9. The van der Waals surface area contributed by atoms with Crippen LogP contribution in [0.15, 0.2) is 243 Å². The number of rotatable bonds is 29. The first-order valence-electron chi connectivity index (χ1n) is 27.3. The van der Waals surface area contributed by atoms with E-state index in [1.165, 1.54) is 0 Å². The van der Waals surface area contributed by atoms with E-state index in [-0.39, 0.29) is 59.5 Å². The quantitative estimate of drug-likeness (QED) is 0.0448. The van der Waals surface area contributed by atoms with E-state index in [1.807, 2.05) is 243 Å². The van der Waals surface area contributed by atoms with Gasteiger partial charge in [-0.25, -0.2) is 0 Å². The van der Waals surface area contributed by atoms with Crippen LogP contribution in [0.4, 0.5) is 0 Å². The summed E-state index contributed by atoms with van der Waals surface area (Å²) in [6, 6.07) is 80.5. The lowest BCUT2D eigenvalue weighted by atomic mass is 9.97. The molecule has 0 aromatic heterocycles. The molecule has 9 atom stereocenters. The highest BCUT2D eigenvalue weighted by atomic mass is 16.8. The summed E-state index contributed by atoms with van der Waals surface area (Å²) in [5.74, 6) is -1.72. The summed E-state index contributed by atoms with van der Waals surface area (Å²) in [6.45, 7) is 2.26. The van der Waals surface area contributed by atoms with E-state index in [9.17, 15) is 0 Å². The number of ether oxygens (including phenoxy) is 11. The van der Waals surface area contributed by atoms with Crippen molar-refractivity contribution in [2.75, 3.05) is 19.8 Å². The molecule has 10 rings (SSSR count). The van der Waals surface area contributed by atoms with Crippen LogP contribution in [0.5, 0.6) is 0 Å². The Kier molecular flexibility index (Phi) is 20.8. The fourth-order valence-corrected chi connectivity index (χ4v) is 9.94. The van der Waals surface area contributed by atoms with Crippen molar-refractivity contribution in [3.05, 3.63) is 287 Å². The molecule has 0 radical (unpaired) electrons. The zero-order chi connectivity index (χ0) is 53.6. The molecule has 0 spiro atoms. The Morgan fingerprint density at radius 2 is 0.595 bits per heavy atom. The van der Waals surface area contributed by atoms with Crippen LogP contribution in [0.2, 0.25) is 0 Å². The maximum atomic E-state index is 7.70. The zero-order valence-electron chi connectivity index (χ0n) is 44.5. The fraction of sp³-hybridized carbons (Fsp3) is 0.294. The second kappa shape index (κ2) is 29.5. The van der Waals surface area contributed by atoms with E-state index in [0.717, 1.165) is 44.5 Å². The van der Waals surface area contributed by atoms with Crippen molar-refractivity contribution < 1.29 is 52.1 Å². The SMILES string of the molecule is c1ccc(COC[C@@H]2O[C@@H](O[C@]3(COCc4ccccc4)O[C@@H](COCc4ccccc4)[C@H](OCc4ccccc4)[C@H]3OCc3ccccc3)[C@@H](OCc3ccccc3)[C@H](OCc3ccccc3)[C@H]2OCc2ccccc2)cc1. The lowest BCUT2D eigenvalue weighted by Crippen LogP contribution is -2.64. The molecule has 0 aliphatic carbocycles. The Morgan fingerprint density at radius 3 is 0.987 bits per heavy atom. The Morgan fingerprint density at radius 1 is 0.291 bits per heavy atom. The average molecular weight is 1060 g/mol. The van der Waals surface area contributed by atoms with Gasteiger partial charge in [-0.3, -0.25) is 0 Å². The Hall–Kier alpha value is -6.68. The Balaban J connectivity index is 1.07. The van der Waals surface area contributed by atoms with Gasteiger partial charge >= 0.3 is 0 Å². The molecular formula is C68H70O11. The third kappa shape index (κ3) is 16.2. The first-order valence-corrected chi connectivity index (χ1v) is 27.3. The summed E-state index contributed by atoms with van der Waals surface area (Å²) in [7, 11) is 0. The summed E-state index contributed by atoms with van der Waals surface area (Å²) in [6.07, 6.45) is -6.80. The molecule has 2 fully saturated rings. The molecule has 0 unspecified atom stereocenters. The number of benzene rings is 8. The summed E-state index contributed by atoms with van der Waals surface area (Å²) >= 11 is 0. The van der Waals surface area contributed by atoms with Gasteiger partial charge in [-0.2, -0.15) is 0 Å². The van der Waals surface area contributed by atoms with E-state index in [0.29, 0.717) is 13.2 Å². The topological polar surface area (TPSA) is 102 Å². The van der Waals surface area contributed by atoms with Gasteiger partial charge in [0.25, 0.3) is 0 Å². The average Bonchev–Trinajstić information content (AvgIpc) is 4.04. The highest BCUT2D eigenvalue weighted by molar-refractivity contribution is 5.20. The van der Waals surface area contributed by atoms with Crippen LogP contribution in [0.3, 0.4) is 0 Å². The molecule has 79 heavy (non-hydrogen) atoms. The molecular weight excluding hydrogens is 993 g/mol. The molecule has 0 amide bonds. The largest absolute Gasteiger partial charge is 0.374 e. The highest BCUT2D eigenvalue weighted by Crippen LogP contribution is 2.42. The lowest BCUT2D eigenvalue weighted by Gasteiger charge is -2.48. The third-order valence-electron chi connectivity index (χ3n) is 14.0. The van der Waals surface area contributed by atoms with Crippen molar-refractivity contribution in [3.8, 4) is 0 Å². The van der Waals surface area contributed by atoms with E-state index in [1.54, 1.807) is 0 Å². The second-order valence-electron chi connectivity index (χ2n) is 19.9. The summed E-state index contributed by atoms with van der Waals surface area (Å²) in [5, 5.41) is 0. The number of hydrogen-bond donors (Lipinski definition) is 0. The predicted octanol–water partition coefficient (Wildman–Crippen LogP) is 12.4. The molecule has 11 nitrogen and oxygen atoms in total. The first kappa shape index (κ1) is 55.6. The van der Waals surface area contributed by atoms with Gasteiger partial charge in [0.2, 0.25) is 5.79 Å². The van der Waals surface area contributed by atoms with E-state index in [4.69, 9.17) is 52.1 Å². The van der Waals surface area contributed by atoms with Crippen LogP contribution in [0.25, 0.3) is 0 Å². The minimum absolute atomic E-state index is 0.106. The van der Waals surface area contributed by atoms with Gasteiger partial charge in [0.15, 0.2) is 6.29 Å². The summed E-state index contributed by atoms with van der Waals surface area (Å²) in [5.41, 5.74) is 7.86. The van der Waals surface area contributed by atoms with E-state index >= 15 is 0 Å². The smallest absolute Gasteiger partial charge is 0.224 e. The summed E-state index contributed by atoms with van der Waals surface area (Å²) < 4.78 is 78.1. The molecule has 2 aliphatic rings. The lowest BCUT2D eigenvalue weighted by molar-refractivity contribution is -0.398. The van der Waals surface area contributed by atoms with E-state index in [2.05, 4.69) is 0 Å². The van der Waals surface area contributed by atoms with E-state index < -0.39 is 54.8 Å². The van der Waals surface area contributed by atoms with Gasteiger partial charge in [0.1, 0.15) is 49.3 Å². The Labute approximate surface area is 464 Å². The van der Waals surface area contributed by atoms with Crippen LogP contribution in [0.1, 0.15) is 44.5 Å². The van der Waals surface area contributed by atoms with Crippen molar-refractivity contribution in [1.29, 1.82) is 0 Å². The fourth-order valence-electron chi connectivity index (χ4n) is 9.94. The van der Waals surface area contributed by atoms with Gasteiger partial charge in [0, 0.05) is 0 Å². The van der Waals surface area contributed by atoms with Crippen LogP contribution in [-0.2, 0) is 105 Å². The van der Waals surface area contributed by atoms with Crippen LogP contribution < -0.4 is 0 Å². The van der Waals surface area contributed by atoms with Crippen LogP contribution in [-0.4, -0.2) is 74.6 Å². The Bertz CT molecular complexity index is 2910. The van der Waals surface area contributed by atoms with Crippen molar-refractivity contribution >= 4 is 0 Å². The summed E-state index contributed by atoms with van der Waals surface area (Å²) in [4.78, 5) is 0.